The smallest absolute Gasteiger partial charge is 0.251 e. The van der Waals surface area contributed by atoms with Crippen molar-refractivity contribution in [3.8, 4) is 0 Å². The van der Waals surface area contributed by atoms with Crippen molar-refractivity contribution < 1.29 is 19.1 Å². The fraction of sp³-hybridized carbons (Fsp3) is 0.471. The summed E-state index contributed by atoms with van der Waals surface area (Å²) in [6.45, 7) is 4.15. The van der Waals surface area contributed by atoms with Gasteiger partial charge in [0.25, 0.3) is 5.91 Å². The third kappa shape index (κ3) is 4.89. The van der Waals surface area contributed by atoms with E-state index in [0.717, 1.165) is 0 Å². The molecule has 0 saturated carbocycles. The molecule has 2 N–H and O–H groups in total. The van der Waals surface area contributed by atoms with Crippen molar-refractivity contribution in [1.82, 2.24) is 10.6 Å². The van der Waals surface area contributed by atoms with Gasteiger partial charge < -0.3 is 15.4 Å². The molecule has 1 fully saturated rings. The van der Waals surface area contributed by atoms with Crippen LogP contribution in [0.5, 0.6) is 0 Å². The lowest BCUT2D eigenvalue weighted by molar-refractivity contribution is -0.127. The normalized spacial score (nSPS) is 18.7. The molecule has 1 unspecified atom stereocenters. The van der Waals surface area contributed by atoms with Crippen LogP contribution in [0.2, 0.25) is 0 Å². The Hall–Kier alpha value is -2.21. The minimum atomic E-state index is -0.684. The number of hydrogen-bond donors (Lipinski definition) is 2. The summed E-state index contributed by atoms with van der Waals surface area (Å²) in [6.07, 6.45) is 0.492. The van der Waals surface area contributed by atoms with Gasteiger partial charge in [0.05, 0.1) is 6.61 Å². The average Bonchev–Trinajstić information content (AvgIpc) is 2.92. The molecule has 1 aliphatic rings. The summed E-state index contributed by atoms with van der Waals surface area (Å²) < 4.78 is 5.03. The average molecular weight is 318 g/mol. The number of Topliss-reactive ketones (excluding diaryl/α,β-unsaturated/α-hetero) is 1. The largest absolute Gasteiger partial charge is 0.371 e. The van der Waals surface area contributed by atoms with Gasteiger partial charge in [0.2, 0.25) is 5.91 Å². The molecule has 0 aliphatic carbocycles. The van der Waals surface area contributed by atoms with E-state index in [0.29, 0.717) is 12.0 Å². The first kappa shape index (κ1) is 17.1. The summed E-state index contributed by atoms with van der Waals surface area (Å²) in [7, 11) is 0. The Kier molecular flexibility index (Phi) is 5.87. The molecule has 1 heterocycles. The van der Waals surface area contributed by atoms with Gasteiger partial charge in [-0.15, -0.1) is 0 Å². The summed E-state index contributed by atoms with van der Waals surface area (Å²) >= 11 is 0. The molecule has 0 radical (unpaired) electrons. The molecule has 1 aliphatic heterocycles. The predicted molar refractivity (Wildman–Crippen MR) is 84.9 cm³/mol. The quantitative estimate of drug-likeness (QED) is 0.817. The Morgan fingerprint density at radius 1 is 1.26 bits per heavy atom. The number of nitrogens with one attached hydrogen (secondary N) is 2. The second kappa shape index (κ2) is 7.87. The van der Waals surface area contributed by atoms with Gasteiger partial charge in [-0.05, 0) is 24.5 Å². The van der Waals surface area contributed by atoms with Crippen LogP contribution < -0.4 is 10.6 Å². The number of amides is 2. The van der Waals surface area contributed by atoms with Crippen molar-refractivity contribution in [2.24, 2.45) is 5.92 Å². The molecule has 2 rings (SSSR count). The Bertz CT molecular complexity index is 571. The van der Waals surface area contributed by atoms with Gasteiger partial charge in [-0.1, -0.05) is 32.0 Å². The summed E-state index contributed by atoms with van der Waals surface area (Å²) in [5, 5.41) is 5.41. The van der Waals surface area contributed by atoms with Crippen LogP contribution in [0.4, 0.5) is 0 Å². The molecule has 124 valence electrons. The molecular weight excluding hydrogens is 296 g/mol. The standard InChI is InChI=1S/C17H22N2O4/c1-11(2)8-13(17(22)19-14-9-23-10-15(14)20)18-16(21)12-6-4-3-5-7-12/h3-7,11,13-14H,8-10H2,1-2H3,(H,18,21)(H,19,22)/t13-,14?/m0/s1. The van der Waals surface area contributed by atoms with Gasteiger partial charge in [-0.25, -0.2) is 0 Å². The first-order chi connectivity index (χ1) is 11.0. The van der Waals surface area contributed by atoms with E-state index in [9.17, 15) is 14.4 Å². The van der Waals surface area contributed by atoms with Crippen LogP contribution in [-0.2, 0) is 14.3 Å². The van der Waals surface area contributed by atoms with Gasteiger partial charge in [-0.2, -0.15) is 0 Å². The molecule has 2 amide bonds. The minimum absolute atomic E-state index is 0.0240. The first-order valence-electron chi connectivity index (χ1n) is 7.74. The number of ether oxygens (including phenoxy) is 1. The fourth-order valence-electron chi connectivity index (χ4n) is 2.40. The zero-order chi connectivity index (χ0) is 16.8. The Labute approximate surface area is 135 Å². The highest BCUT2D eigenvalue weighted by Crippen LogP contribution is 2.08. The molecule has 23 heavy (non-hydrogen) atoms. The van der Waals surface area contributed by atoms with Crippen molar-refractivity contribution in [1.29, 1.82) is 0 Å². The maximum Gasteiger partial charge on any atom is 0.251 e. The van der Waals surface area contributed by atoms with E-state index in [1.807, 2.05) is 19.9 Å². The van der Waals surface area contributed by atoms with E-state index in [2.05, 4.69) is 10.6 Å². The van der Waals surface area contributed by atoms with E-state index in [1.165, 1.54) is 0 Å². The highest BCUT2D eigenvalue weighted by Gasteiger charge is 2.30. The van der Waals surface area contributed by atoms with Crippen LogP contribution in [0.3, 0.4) is 0 Å². The van der Waals surface area contributed by atoms with Gasteiger partial charge in [0.15, 0.2) is 5.78 Å². The van der Waals surface area contributed by atoms with E-state index in [1.54, 1.807) is 24.3 Å². The summed E-state index contributed by atoms with van der Waals surface area (Å²) in [6, 6.07) is 7.42. The van der Waals surface area contributed by atoms with Crippen LogP contribution in [0.1, 0.15) is 30.6 Å². The lowest BCUT2D eigenvalue weighted by Crippen LogP contribution is -2.51. The number of carbonyl (C=O) groups excluding carboxylic acids is 3. The van der Waals surface area contributed by atoms with Gasteiger partial charge in [0.1, 0.15) is 18.7 Å². The van der Waals surface area contributed by atoms with Crippen LogP contribution in [-0.4, -0.2) is 42.9 Å². The fourth-order valence-corrected chi connectivity index (χ4v) is 2.40. The van der Waals surface area contributed by atoms with E-state index in [-0.39, 0.29) is 36.7 Å². The van der Waals surface area contributed by atoms with Gasteiger partial charge in [0, 0.05) is 5.56 Å². The second-order valence-corrected chi connectivity index (χ2v) is 6.06. The second-order valence-electron chi connectivity index (χ2n) is 6.06. The van der Waals surface area contributed by atoms with Crippen LogP contribution in [0.15, 0.2) is 30.3 Å². The topological polar surface area (TPSA) is 84.5 Å². The molecule has 1 aromatic rings. The zero-order valence-corrected chi connectivity index (χ0v) is 13.4. The Morgan fingerprint density at radius 3 is 2.52 bits per heavy atom. The molecule has 6 nitrogen and oxygen atoms in total. The van der Waals surface area contributed by atoms with Crippen molar-refractivity contribution in [3.63, 3.8) is 0 Å². The minimum Gasteiger partial charge on any atom is -0.371 e. The van der Waals surface area contributed by atoms with Crippen molar-refractivity contribution in [2.75, 3.05) is 13.2 Å². The van der Waals surface area contributed by atoms with Crippen molar-refractivity contribution in [2.45, 2.75) is 32.4 Å². The molecule has 1 aromatic carbocycles. The van der Waals surface area contributed by atoms with E-state index < -0.39 is 12.1 Å². The summed E-state index contributed by atoms with van der Waals surface area (Å²) in [4.78, 5) is 36.2. The van der Waals surface area contributed by atoms with Crippen LogP contribution in [0.25, 0.3) is 0 Å². The number of rotatable bonds is 6. The van der Waals surface area contributed by atoms with Crippen molar-refractivity contribution >= 4 is 17.6 Å². The highest BCUT2D eigenvalue weighted by atomic mass is 16.5. The summed E-state index contributed by atoms with van der Waals surface area (Å²) in [5.41, 5.74) is 0.495. The van der Waals surface area contributed by atoms with Gasteiger partial charge >= 0.3 is 0 Å². The zero-order valence-electron chi connectivity index (χ0n) is 13.4. The van der Waals surface area contributed by atoms with Gasteiger partial charge in [-0.3, -0.25) is 14.4 Å². The predicted octanol–water partition coefficient (Wildman–Crippen LogP) is 0.915. The summed E-state index contributed by atoms with van der Waals surface area (Å²) in [5.74, 6) is -0.583. The third-order valence-corrected chi connectivity index (χ3v) is 3.60. The molecule has 0 bridgehead atoms. The lowest BCUT2D eigenvalue weighted by Gasteiger charge is -2.21. The lowest BCUT2D eigenvalue weighted by atomic mass is 10.0. The first-order valence-corrected chi connectivity index (χ1v) is 7.74. The molecule has 0 spiro atoms. The van der Waals surface area contributed by atoms with E-state index >= 15 is 0 Å². The van der Waals surface area contributed by atoms with Crippen molar-refractivity contribution in [3.05, 3.63) is 35.9 Å². The highest BCUT2D eigenvalue weighted by molar-refractivity contribution is 5.98. The monoisotopic (exact) mass is 318 g/mol. The Morgan fingerprint density at radius 2 is 1.96 bits per heavy atom. The number of ketones is 1. The number of hydrogen-bond acceptors (Lipinski definition) is 4. The molecule has 1 saturated heterocycles. The van der Waals surface area contributed by atoms with Crippen LogP contribution >= 0.6 is 0 Å². The maximum atomic E-state index is 12.4. The maximum absolute atomic E-state index is 12.4. The molecule has 2 atom stereocenters. The Balaban J connectivity index is 2.02. The molecule has 6 heteroatoms. The SMILES string of the molecule is CC(C)C[C@H](NC(=O)c1ccccc1)C(=O)NC1COCC1=O. The van der Waals surface area contributed by atoms with E-state index in [4.69, 9.17) is 4.74 Å². The molecular formula is C17H22N2O4. The number of benzene rings is 1. The van der Waals surface area contributed by atoms with Crippen LogP contribution in [0, 0.1) is 5.92 Å². The number of carbonyl (C=O) groups is 3. The molecule has 0 aromatic heterocycles. The third-order valence-electron chi connectivity index (χ3n) is 3.60.